The lowest BCUT2D eigenvalue weighted by molar-refractivity contribution is -0.384. The number of hydrogen-bond donors (Lipinski definition) is 1. The molecular formula is C14H11N3O3. The predicted octanol–water partition coefficient (Wildman–Crippen LogP) is 3.30. The molecule has 0 aromatic heterocycles. The van der Waals surface area contributed by atoms with E-state index < -0.39 is 4.92 Å². The van der Waals surface area contributed by atoms with Gasteiger partial charge in [-0.2, -0.15) is 5.26 Å². The van der Waals surface area contributed by atoms with E-state index in [9.17, 15) is 10.1 Å². The van der Waals surface area contributed by atoms with Crippen molar-refractivity contribution in [3.05, 3.63) is 58.1 Å². The van der Waals surface area contributed by atoms with Crippen molar-refractivity contribution in [1.29, 1.82) is 5.26 Å². The van der Waals surface area contributed by atoms with Gasteiger partial charge in [-0.3, -0.25) is 10.1 Å². The predicted molar refractivity (Wildman–Crippen MR) is 73.9 cm³/mol. The summed E-state index contributed by atoms with van der Waals surface area (Å²) in [6.07, 6.45) is 0. The molecule has 100 valence electrons. The lowest BCUT2D eigenvalue weighted by Crippen LogP contribution is -1.94. The molecule has 0 aliphatic heterocycles. The monoisotopic (exact) mass is 269 g/mol. The maximum atomic E-state index is 10.8. The topological polar surface area (TPSA) is 88.2 Å². The van der Waals surface area contributed by atoms with Crippen molar-refractivity contribution in [2.45, 2.75) is 0 Å². The average Bonchev–Trinajstić information content (AvgIpc) is 2.47. The molecule has 20 heavy (non-hydrogen) atoms. The minimum atomic E-state index is -0.480. The molecule has 6 nitrogen and oxygen atoms in total. The second-order valence-electron chi connectivity index (χ2n) is 3.96. The fourth-order valence-corrected chi connectivity index (χ4v) is 1.63. The largest absolute Gasteiger partial charge is 0.457 e. The van der Waals surface area contributed by atoms with E-state index in [0.29, 0.717) is 22.7 Å². The Bertz CT molecular complexity index is 675. The van der Waals surface area contributed by atoms with E-state index in [2.05, 4.69) is 5.32 Å². The third-order valence-electron chi connectivity index (χ3n) is 2.61. The third kappa shape index (κ3) is 3.03. The Kier molecular flexibility index (Phi) is 3.82. The molecule has 0 heterocycles. The summed E-state index contributed by atoms with van der Waals surface area (Å²) in [5.41, 5.74) is 1.05. The van der Waals surface area contributed by atoms with E-state index >= 15 is 0 Å². The summed E-state index contributed by atoms with van der Waals surface area (Å²) in [6, 6.07) is 12.9. The Balaban J connectivity index is 2.30. The van der Waals surface area contributed by atoms with Crippen molar-refractivity contribution in [3.8, 4) is 17.6 Å². The normalized spacial score (nSPS) is 9.60. The zero-order valence-corrected chi connectivity index (χ0v) is 10.7. The summed E-state index contributed by atoms with van der Waals surface area (Å²) >= 11 is 0. The second kappa shape index (κ2) is 5.71. The first-order valence-electron chi connectivity index (χ1n) is 5.77. The summed E-state index contributed by atoms with van der Waals surface area (Å²) in [4.78, 5) is 10.4. The average molecular weight is 269 g/mol. The van der Waals surface area contributed by atoms with Crippen LogP contribution >= 0.6 is 0 Å². The van der Waals surface area contributed by atoms with E-state index in [1.807, 2.05) is 6.07 Å². The van der Waals surface area contributed by atoms with Gasteiger partial charge in [0.15, 0.2) is 0 Å². The number of nitro groups is 1. The van der Waals surface area contributed by atoms with Crippen molar-refractivity contribution in [2.75, 3.05) is 12.4 Å². The van der Waals surface area contributed by atoms with Crippen LogP contribution in [0.4, 0.5) is 11.4 Å². The Morgan fingerprint density at radius 2 is 1.90 bits per heavy atom. The molecule has 0 saturated heterocycles. The summed E-state index contributed by atoms with van der Waals surface area (Å²) in [6.45, 7) is 0. The molecule has 0 amide bonds. The smallest absolute Gasteiger partial charge is 0.275 e. The Labute approximate surface area is 115 Å². The number of rotatable bonds is 4. The molecule has 0 aliphatic carbocycles. The number of nitrogens with one attached hydrogen (secondary N) is 1. The molecule has 2 rings (SSSR count). The molecule has 0 bridgehead atoms. The van der Waals surface area contributed by atoms with E-state index in [-0.39, 0.29) is 5.69 Å². The van der Waals surface area contributed by atoms with Gasteiger partial charge < -0.3 is 10.1 Å². The number of anilines is 1. The quantitative estimate of drug-likeness (QED) is 0.679. The SMILES string of the molecule is CNc1cc(Oc2ccc(C#N)cc2)cc([N+](=O)[O-])c1. The molecule has 0 spiro atoms. The van der Waals surface area contributed by atoms with Crippen LogP contribution in [0, 0.1) is 21.4 Å². The van der Waals surface area contributed by atoms with Crippen molar-refractivity contribution < 1.29 is 9.66 Å². The van der Waals surface area contributed by atoms with Gasteiger partial charge in [0.2, 0.25) is 0 Å². The van der Waals surface area contributed by atoms with E-state index in [4.69, 9.17) is 10.00 Å². The van der Waals surface area contributed by atoms with Crippen LogP contribution in [0.15, 0.2) is 42.5 Å². The highest BCUT2D eigenvalue weighted by atomic mass is 16.6. The fraction of sp³-hybridized carbons (Fsp3) is 0.0714. The highest BCUT2D eigenvalue weighted by molar-refractivity contribution is 5.56. The van der Waals surface area contributed by atoms with Gasteiger partial charge in [0, 0.05) is 24.9 Å². The Hall–Kier alpha value is -3.07. The van der Waals surface area contributed by atoms with Crippen LogP contribution < -0.4 is 10.1 Å². The van der Waals surface area contributed by atoms with Crippen LogP contribution in [0.5, 0.6) is 11.5 Å². The number of nitriles is 1. The van der Waals surface area contributed by atoms with Crippen molar-refractivity contribution in [3.63, 3.8) is 0 Å². The molecule has 2 aromatic carbocycles. The Morgan fingerprint density at radius 3 is 2.45 bits per heavy atom. The van der Waals surface area contributed by atoms with Crippen LogP contribution in [0.3, 0.4) is 0 Å². The molecule has 0 aliphatic rings. The van der Waals surface area contributed by atoms with Crippen LogP contribution in [-0.4, -0.2) is 12.0 Å². The van der Waals surface area contributed by atoms with E-state index in [1.165, 1.54) is 12.1 Å². The zero-order chi connectivity index (χ0) is 14.5. The van der Waals surface area contributed by atoms with Gasteiger partial charge in [0.1, 0.15) is 11.5 Å². The van der Waals surface area contributed by atoms with Crippen LogP contribution in [0.2, 0.25) is 0 Å². The lowest BCUT2D eigenvalue weighted by Gasteiger charge is -2.08. The molecule has 0 saturated carbocycles. The number of non-ortho nitro benzene ring substituents is 1. The number of benzene rings is 2. The molecule has 0 fully saturated rings. The van der Waals surface area contributed by atoms with Crippen LogP contribution in [-0.2, 0) is 0 Å². The second-order valence-corrected chi connectivity index (χ2v) is 3.96. The van der Waals surface area contributed by atoms with Gasteiger partial charge in [-0.25, -0.2) is 0 Å². The van der Waals surface area contributed by atoms with Crippen LogP contribution in [0.25, 0.3) is 0 Å². The maximum Gasteiger partial charge on any atom is 0.275 e. The first-order chi connectivity index (χ1) is 9.62. The number of hydrogen-bond acceptors (Lipinski definition) is 5. The van der Waals surface area contributed by atoms with Gasteiger partial charge >= 0.3 is 0 Å². The summed E-state index contributed by atoms with van der Waals surface area (Å²) in [7, 11) is 1.67. The van der Waals surface area contributed by atoms with E-state index in [0.717, 1.165) is 0 Å². The van der Waals surface area contributed by atoms with Gasteiger partial charge in [0.05, 0.1) is 22.6 Å². The minimum Gasteiger partial charge on any atom is -0.457 e. The van der Waals surface area contributed by atoms with Crippen molar-refractivity contribution in [1.82, 2.24) is 0 Å². The zero-order valence-electron chi connectivity index (χ0n) is 10.7. The number of ether oxygens (including phenoxy) is 1. The molecular weight excluding hydrogens is 258 g/mol. The van der Waals surface area contributed by atoms with Crippen LogP contribution in [0.1, 0.15) is 5.56 Å². The molecule has 2 aromatic rings. The molecule has 0 unspecified atom stereocenters. The van der Waals surface area contributed by atoms with Crippen molar-refractivity contribution >= 4 is 11.4 Å². The molecule has 0 radical (unpaired) electrons. The first kappa shape index (κ1) is 13.4. The summed E-state index contributed by atoms with van der Waals surface area (Å²) < 4.78 is 5.56. The highest BCUT2D eigenvalue weighted by Gasteiger charge is 2.10. The summed E-state index contributed by atoms with van der Waals surface area (Å²) in [5.74, 6) is 0.861. The molecule has 1 N–H and O–H groups in total. The fourth-order valence-electron chi connectivity index (χ4n) is 1.63. The maximum absolute atomic E-state index is 10.8. The van der Waals surface area contributed by atoms with Gasteiger partial charge in [-0.1, -0.05) is 0 Å². The third-order valence-corrected chi connectivity index (χ3v) is 2.61. The number of nitro benzene ring substituents is 1. The Morgan fingerprint density at radius 1 is 1.20 bits per heavy atom. The van der Waals surface area contributed by atoms with Gasteiger partial charge in [-0.15, -0.1) is 0 Å². The highest BCUT2D eigenvalue weighted by Crippen LogP contribution is 2.29. The minimum absolute atomic E-state index is 0.0551. The van der Waals surface area contributed by atoms with Crippen molar-refractivity contribution in [2.24, 2.45) is 0 Å². The van der Waals surface area contributed by atoms with Gasteiger partial charge in [0.25, 0.3) is 5.69 Å². The standard InChI is InChI=1S/C14H11N3O3/c1-16-11-6-12(17(18)19)8-14(7-11)20-13-4-2-10(9-15)3-5-13/h2-8,16H,1H3. The summed E-state index contributed by atoms with van der Waals surface area (Å²) in [5, 5.41) is 22.4. The molecule has 0 atom stereocenters. The first-order valence-corrected chi connectivity index (χ1v) is 5.77. The van der Waals surface area contributed by atoms with E-state index in [1.54, 1.807) is 37.4 Å². The molecule has 6 heteroatoms. The lowest BCUT2D eigenvalue weighted by atomic mass is 10.2. The van der Waals surface area contributed by atoms with Gasteiger partial charge in [-0.05, 0) is 24.3 Å². The number of nitrogens with zero attached hydrogens (tertiary/aromatic N) is 2.